The first kappa shape index (κ1) is 26.1. The maximum absolute atomic E-state index is 14.0. The van der Waals surface area contributed by atoms with Crippen LogP contribution in [0.1, 0.15) is 50.7 Å². The summed E-state index contributed by atoms with van der Waals surface area (Å²) < 4.78 is 5.88. The van der Waals surface area contributed by atoms with Crippen molar-refractivity contribution in [2.24, 2.45) is 11.8 Å². The normalized spacial score (nSPS) is 31.8. The van der Waals surface area contributed by atoms with Crippen molar-refractivity contribution in [2.75, 3.05) is 20.7 Å². The molecule has 4 rings (SSSR count). The summed E-state index contributed by atoms with van der Waals surface area (Å²) in [5.74, 6) is -6.75. The van der Waals surface area contributed by atoms with Crippen LogP contribution < -0.4 is 4.74 Å². The Balaban J connectivity index is 1.98. The molecule has 4 N–H and O–H groups in total. The van der Waals surface area contributed by atoms with Crippen LogP contribution in [0, 0.1) is 11.8 Å². The molecule has 0 spiro atoms. The number of fused-ring (bicyclic) bond motifs is 3. The van der Waals surface area contributed by atoms with E-state index in [4.69, 9.17) is 4.74 Å². The van der Waals surface area contributed by atoms with E-state index >= 15 is 0 Å². The zero-order chi connectivity index (χ0) is 26.7. The van der Waals surface area contributed by atoms with Crippen LogP contribution in [0.4, 0.5) is 0 Å². The van der Waals surface area contributed by atoms with Gasteiger partial charge in [0.1, 0.15) is 22.8 Å². The maximum Gasteiger partial charge on any atom is 0.202 e. The molecule has 0 unspecified atom stereocenters. The lowest BCUT2D eigenvalue weighted by Crippen LogP contribution is -2.70. The van der Waals surface area contributed by atoms with Crippen molar-refractivity contribution in [3.8, 4) is 5.75 Å². The lowest BCUT2D eigenvalue weighted by atomic mass is 9.54. The molecule has 0 bridgehead atoms. The first-order chi connectivity index (χ1) is 16.9. The molecule has 36 heavy (non-hydrogen) atoms. The number of Topliss-reactive ketones (excluding diaryl/α,β-unsaturated/α-hetero) is 3. The van der Waals surface area contributed by atoms with E-state index in [0.717, 1.165) is 19.8 Å². The van der Waals surface area contributed by atoms with Crippen molar-refractivity contribution < 1.29 is 39.5 Å². The molecule has 1 aromatic rings. The predicted molar refractivity (Wildman–Crippen MR) is 131 cm³/mol. The Morgan fingerprint density at radius 2 is 1.86 bits per heavy atom. The zero-order valence-corrected chi connectivity index (χ0v) is 21.1. The summed E-state index contributed by atoms with van der Waals surface area (Å²) in [5, 5.41) is 45.8. The number of ketones is 3. The highest BCUT2D eigenvalue weighted by Gasteiger charge is 2.68. The van der Waals surface area contributed by atoms with Crippen LogP contribution in [0.25, 0.3) is 5.76 Å². The number of likely N-dealkylation sites (N-methyl/N-ethyl adjacent to an activating group) is 1. The van der Waals surface area contributed by atoms with Crippen LogP contribution in [0.5, 0.6) is 5.75 Å². The van der Waals surface area contributed by atoms with Gasteiger partial charge in [-0.05, 0) is 45.0 Å². The summed E-state index contributed by atoms with van der Waals surface area (Å²) in [6.45, 7) is 5.26. The lowest BCUT2D eigenvalue weighted by Gasteiger charge is -2.53. The third-order valence-corrected chi connectivity index (χ3v) is 7.84. The largest absolute Gasteiger partial charge is 0.508 e. The van der Waals surface area contributed by atoms with Crippen LogP contribution in [0.15, 0.2) is 35.1 Å². The van der Waals surface area contributed by atoms with E-state index in [0.29, 0.717) is 23.5 Å². The summed E-state index contributed by atoms with van der Waals surface area (Å²) in [4.78, 5) is 41.0. The number of rotatable bonds is 6. The number of aliphatic hydroxyl groups excluding tert-OH is 3. The second kappa shape index (κ2) is 9.14. The van der Waals surface area contributed by atoms with Gasteiger partial charge in [0.25, 0.3) is 0 Å². The number of benzene rings is 1. The number of carbonyl (C=O) groups excluding carboxylic acids is 3. The fraction of sp³-hybridized carbons (Fsp3) is 0.519. The van der Waals surface area contributed by atoms with Gasteiger partial charge in [-0.25, -0.2) is 0 Å². The van der Waals surface area contributed by atoms with Gasteiger partial charge >= 0.3 is 0 Å². The molecule has 0 amide bonds. The molecule has 1 fully saturated rings. The minimum atomic E-state index is -2.78. The standard InChI is InChI=1S/C27H33NO8/c1-6-7-11-36-15-10-8-9-14-12(2)16-19(22(30)18(14)15)26(34)27(35)20(23(16)31)21(28(4)5)24(32)17(13(3)29)25(27)33/h8-10,12,16,20-21,23,30-31,33,35H,6-7,11H2,1-5H3/t12-,16+,20+,21-,23-,27+/m0/s1. The lowest BCUT2D eigenvalue weighted by molar-refractivity contribution is -0.169. The number of ether oxygens (including phenoxy) is 1. The first-order valence-electron chi connectivity index (χ1n) is 12.2. The van der Waals surface area contributed by atoms with Crippen molar-refractivity contribution in [1.29, 1.82) is 0 Å². The Labute approximate surface area is 209 Å². The highest BCUT2D eigenvalue weighted by Crippen LogP contribution is 2.56. The molecule has 9 nitrogen and oxygen atoms in total. The molecule has 9 heteroatoms. The summed E-state index contributed by atoms with van der Waals surface area (Å²) in [6, 6.07) is 3.96. The monoisotopic (exact) mass is 499 g/mol. The van der Waals surface area contributed by atoms with Gasteiger partial charge in [0.15, 0.2) is 17.2 Å². The van der Waals surface area contributed by atoms with E-state index in [2.05, 4.69) is 0 Å². The summed E-state index contributed by atoms with van der Waals surface area (Å²) in [5.41, 5.74) is -2.77. The van der Waals surface area contributed by atoms with Crippen molar-refractivity contribution in [1.82, 2.24) is 4.90 Å². The third-order valence-electron chi connectivity index (χ3n) is 7.84. The molecule has 0 aliphatic heterocycles. The summed E-state index contributed by atoms with van der Waals surface area (Å²) >= 11 is 0. The molecule has 0 saturated heterocycles. The fourth-order valence-electron chi connectivity index (χ4n) is 6.11. The van der Waals surface area contributed by atoms with E-state index in [1.165, 1.54) is 19.0 Å². The number of aliphatic hydroxyl groups is 4. The van der Waals surface area contributed by atoms with Gasteiger partial charge in [-0.2, -0.15) is 0 Å². The van der Waals surface area contributed by atoms with Crippen LogP contribution in [0.3, 0.4) is 0 Å². The van der Waals surface area contributed by atoms with Crippen molar-refractivity contribution >= 4 is 23.1 Å². The summed E-state index contributed by atoms with van der Waals surface area (Å²) in [6.07, 6.45) is 0.171. The van der Waals surface area contributed by atoms with Gasteiger partial charge in [0.2, 0.25) is 5.78 Å². The Morgan fingerprint density at radius 1 is 1.19 bits per heavy atom. The molecule has 0 heterocycles. The first-order valence-corrected chi connectivity index (χ1v) is 12.2. The van der Waals surface area contributed by atoms with Gasteiger partial charge < -0.3 is 25.2 Å². The molecular weight excluding hydrogens is 466 g/mol. The minimum Gasteiger partial charge on any atom is -0.508 e. The van der Waals surface area contributed by atoms with E-state index in [1.807, 2.05) is 6.92 Å². The third kappa shape index (κ3) is 3.44. The Morgan fingerprint density at radius 3 is 2.44 bits per heavy atom. The van der Waals surface area contributed by atoms with E-state index < -0.39 is 69.9 Å². The number of carbonyl (C=O) groups is 3. The molecule has 6 atom stereocenters. The van der Waals surface area contributed by atoms with Gasteiger partial charge in [-0.15, -0.1) is 0 Å². The fourth-order valence-corrected chi connectivity index (χ4v) is 6.11. The average Bonchev–Trinajstić information content (AvgIpc) is 2.81. The van der Waals surface area contributed by atoms with E-state index in [9.17, 15) is 34.8 Å². The van der Waals surface area contributed by atoms with Crippen molar-refractivity contribution in [2.45, 2.75) is 57.3 Å². The molecule has 0 radical (unpaired) electrons. The number of hydrogen-bond donors (Lipinski definition) is 4. The van der Waals surface area contributed by atoms with Gasteiger partial charge in [-0.3, -0.25) is 19.3 Å². The topological polar surface area (TPSA) is 145 Å². The average molecular weight is 500 g/mol. The highest BCUT2D eigenvalue weighted by atomic mass is 16.5. The van der Waals surface area contributed by atoms with Crippen molar-refractivity contribution in [3.63, 3.8) is 0 Å². The molecule has 194 valence electrons. The molecule has 1 saturated carbocycles. The molecule has 3 aliphatic carbocycles. The molecule has 3 aliphatic rings. The molecule has 0 aromatic heterocycles. The number of nitrogens with zero attached hydrogens (tertiary/aromatic N) is 1. The molecular formula is C27H33NO8. The maximum atomic E-state index is 14.0. The Bertz CT molecular complexity index is 1200. The van der Waals surface area contributed by atoms with Gasteiger partial charge in [-0.1, -0.05) is 32.4 Å². The van der Waals surface area contributed by atoms with Crippen LogP contribution in [-0.2, 0) is 14.4 Å². The number of unbranched alkanes of at least 4 members (excludes halogenated alkanes) is 1. The number of hydrogen-bond acceptors (Lipinski definition) is 9. The van der Waals surface area contributed by atoms with Crippen molar-refractivity contribution in [3.05, 3.63) is 46.2 Å². The predicted octanol–water partition coefficient (Wildman–Crippen LogP) is 2.07. The van der Waals surface area contributed by atoms with Crippen LogP contribution >= 0.6 is 0 Å². The summed E-state index contributed by atoms with van der Waals surface area (Å²) in [7, 11) is 3.06. The quantitative estimate of drug-likeness (QED) is 0.341. The second-order valence-electron chi connectivity index (χ2n) is 10.2. The van der Waals surface area contributed by atoms with Gasteiger partial charge in [0.05, 0.1) is 30.2 Å². The van der Waals surface area contributed by atoms with E-state index in [1.54, 1.807) is 25.1 Å². The molecule has 1 aromatic carbocycles. The highest BCUT2D eigenvalue weighted by molar-refractivity contribution is 6.25. The Hall–Kier alpha value is -3.01. The minimum absolute atomic E-state index is 0.255. The Kier molecular flexibility index (Phi) is 6.61. The van der Waals surface area contributed by atoms with E-state index in [-0.39, 0.29) is 5.57 Å². The van der Waals surface area contributed by atoms with Crippen LogP contribution in [0.2, 0.25) is 0 Å². The van der Waals surface area contributed by atoms with Gasteiger partial charge in [0, 0.05) is 11.5 Å². The smallest absolute Gasteiger partial charge is 0.202 e. The SMILES string of the molecule is CCCCOc1cccc2c1C(O)=C1C(=O)[C@]3(O)C(O)=C(C(C)=O)C(=O)[C@@H](N(C)C)[C@@H]3[C@@H](O)[C@@H]1[C@H]2C. The zero-order valence-electron chi connectivity index (χ0n) is 21.1. The second-order valence-corrected chi connectivity index (χ2v) is 10.2. The van der Waals surface area contributed by atoms with Crippen LogP contribution in [-0.4, -0.2) is 81.1 Å².